The molecule has 112 valence electrons. The van der Waals surface area contributed by atoms with E-state index in [-0.39, 0.29) is 5.91 Å². The minimum atomic E-state index is 0.00411. The Hall–Kier alpha value is -1.82. The summed E-state index contributed by atoms with van der Waals surface area (Å²) in [6.07, 6.45) is 5.58. The Balaban J connectivity index is 1.55. The maximum atomic E-state index is 11.6. The number of carbonyl (C=O) groups is 1. The zero-order valence-corrected chi connectivity index (χ0v) is 13.2. The first-order chi connectivity index (χ1) is 10.2. The van der Waals surface area contributed by atoms with Crippen molar-refractivity contribution in [1.29, 1.82) is 0 Å². The van der Waals surface area contributed by atoms with E-state index in [0.717, 1.165) is 28.9 Å². The van der Waals surface area contributed by atoms with Crippen LogP contribution in [0.1, 0.15) is 18.7 Å². The monoisotopic (exact) mass is 351 g/mol. The number of nitrogens with zero attached hydrogens (tertiary/aromatic N) is 1. The molecule has 0 radical (unpaired) electrons. The zero-order chi connectivity index (χ0) is 14.9. The fourth-order valence-corrected chi connectivity index (χ4v) is 2.20. The molecule has 0 bridgehead atoms. The van der Waals surface area contributed by atoms with Gasteiger partial charge in [0, 0.05) is 29.8 Å². The Labute approximate surface area is 132 Å². The van der Waals surface area contributed by atoms with Crippen molar-refractivity contribution in [3.8, 4) is 5.75 Å². The van der Waals surface area contributed by atoms with Crippen LogP contribution in [0.2, 0.25) is 0 Å². The molecule has 1 aromatic heterocycles. The van der Waals surface area contributed by atoms with Crippen molar-refractivity contribution in [1.82, 2.24) is 15.3 Å². The minimum absolute atomic E-state index is 0.00411. The number of amides is 1. The summed E-state index contributed by atoms with van der Waals surface area (Å²) in [5.74, 6) is 1.71. The number of rotatable bonds is 8. The van der Waals surface area contributed by atoms with Gasteiger partial charge in [-0.05, 0) is 24.6 Å². The van der Waals surface area contributed by atoms with E-state index in [1.165, 1.54) is 0 Å². The van der Waals surface area contributed by atoms with Gasteiger partial charge in [0.15, 0.2) is 0 Å². The third-order valence-corrected chi connectivity index (χ3v) is 3.35. The minimum Gasteiger partial charge on any atom is -0.493 e. The Morgan fingerprint density at radius 2 is 2.33 bits per heavy atom. The number of aromatic amines is 1. The standard InChI is InChI=1S/C15H18BrN3O2/c16-12-3-1-4-13(11-12)21-10-6-15(20)19-7-2-5-14-17-8-9-18-14/h1,3-4,8-9,11H,2,5-7,10H2,(H,17,18)(H,19,20). The lowest BCUT2D eigenvalue weighted by molar-refractivity contribution is -0.121. The molecule has 1 amide bonds. The van der Waals surface area contributed by atoms with Crippen molar-refractivity contribution in [2.24, 2.45) is 0 Å². The fourth-order valence-electron chi connectivity index (χ4n) is 1.83. The molecule has 6 heteroatoms. The molecule has 5 nitrogen and oxygen atoms in total. The van der Waals surface area contributed by atoms with Crippen LogP contribution in [0.25, 0.3) is 0 Å². The van der Waals surface area contributed by atoms with E-state index < -0.39 is 0 Å². The lowest BCUT2D eigenvalue weighted by atomic mass is 10.3. The van der Waals surface area contributed by atoms with Crippen molar-refractivity contribution < 1.29 is 9.53 Å². The highest BCUT2D eigenvalue weighted by Gasteiger charge is 2.02. The number of ether oxygens (including phenoxy) is 1. The molecule has 0 unspecified atom stereocenters. The molecule has 0 saturated carbocycles. The number of hydrogen-bond donors (Lipinski definition) is 2. The third kappa shape index (κ3) is 5.99. The van der Waals surface area contributed by atoms with Crippen molar-refractivity contribution >= 4 is 21.8 Å². The molecule has 0 saturated heterocycles. The maximum Gasteiger partial charge on any atom is 0.223 e. The zero-order valence-electron chi connectivity index (χ0n) is 11.6. The number of benzene rings is 1. The normalized spacial score (nSPS) is 10.3. The first-order valence-electron chi connectivity index (χ1n) is 6.87. The Bertz CT molecular complexity index is 558. The smallest absolute Gasteiger partial charge is 0.223 e. The van der Waals surface area contributed by atoms with Crippen LogP contribution in [-0.4, -0.2) is 29.0 Å². The fraction of sp³-hybridized carbons (Fsp3) is 0.333. The number of aryl methyl sites for hydroxylation is 1. The van der Waals surface area contributed by atoms with Gasteiger partial charge in [0.05, 0.1) is 13.0 Å². The molecule has 0 atom stereocenters. The molecule has 0 fully saturated rings. The summed E-state index contributed by atoms with van der Waals surface area (Å²) in [6, 6.07) is 7.57. The predicted molar refractivity (Wildman–Crippen MR) is 84.2 cm³/mol. The van der Waals surface area contributed by atoms with Crippen molar-refractivity contribution in [2.75, 3.05) is 13.2 Å². The summed E-state index contributed by atoms with van der Waals surface area (Å²) < 4.78 is 6.48. The maximum absolute atomic E-state index is 11.6. The molecular formula is C15H18BrN3O2. The second kappa shape index (κ2) is 8.46. The van der Waals surface area contributed by atoms with E-state index in [4.69, 9.17) is 4.74 Å². The van der Waals surface area contributed by atoms with Gasteiger partial charge in [-0.3, -0.25) is 4.79 Å². The van der Waals surface area contributed by atoms with Crippen molar-refractivity contribution in [3.63, 3.8) is 0 Å². The summed E-state index contributed by atoms with van der Waals surface area (Å²) >= 11 is 3.37. The number of hydrogen-bond acceptors (Lipinski definition) is 3. The predicted octanol–water partition coefficient (Wildman–Crippen LogP) is 2.69. The van der Waals surface area contributed by atoms with E-state index in [1.54, 1.807) is 12.4 Å². The van der Waals surface area contributed by atoms with Crippen LogP contribution in [0.15, 0.2) is 41.1 Å². The molecule has 1 heterocycles. The summed E-state index contributed by atoms with van der Waals surface area (Å²) in [5, 5.41) is 2.87. The average Bonchev–Trinajstić information content (AvgIpc) is 2.97. The van der Waals surface area contributed by atoms with Crippen LogP contribution in [0.5, 0.6) is 5.75 Å². The van der Waals surface area contributed by atoms with Crippen molar-refractivity contribution in [3.05, 3.63) is 47.0 Å². The second-order valence-corrected chi connectivity index (χ2v) is 5.46. The highest BCUT2D eigenvalue weighted by Crippen LogP contribution is 2.17. The van der Waals surface area contributed by atoms with Crippen molar-refractivity contribution in [2.45, 2.75) is 19.3 Å². The molecular weight excluding hydrogens is 334 g/mol. The molecule has 2 aromatic rings. The van der Waals surface area contributed by atoms with Crippen LogP contribution >= 0.6 is 15.9 Å². The quantitative estimate of drug-likeness (QED) is 0.718. The lowest BCUT2D eigenvalue weighted by Gasteiger charge is -2.07. The Morgan fingerprint density at radius 1 is 1.43 bits per heavy atom. The first-order valence-corrected chi connectivity index (χ1v) is 7.66. The van der Waals surface area contributed by atoms with E-state index in [2.05, 4.69) is 31.2 Å². The lowest BCUT2D eigenvalue weighted by Crippen LogP contribution is -2.26. The van der Waals surface area contributed by atoms with Gasteiger partial charge in [-0.2, -0.15) is 0 Å². The van der Waals surface area contributed by atoms with Gasteiger partial charge in [0.25, 0.3) is 0 Å². The number of imidazole rings is 1. The summed E-state index contributed by atoms with van der Waals surface area (Å²) in [7, 11) is 0. The van der Waals surface area contributed by atoms with Crippen LogP contribution in [0, 0.1) is 0 Å². The van der Waals surface area contributed by atoms with Crippen LogP contribution < -0.4 is 10.1 Å². The number of nitrogens with one attached hydrogen (secondary N) is 2. The summed E-state index contributed by atoms with van der Waals surface area (Å²) in [5.41, 5.74) is 0. The van der Waals surface area contributed by atoms with E-state index >= 15 is 0 Å². The average molecular weight is 352 g/mol. The van der Waals surface area contributed by atoms with Crippen LogP contribution in [0.4, 0.5) is 0 Å². The molecule has 2 rings (SSSR count). The first kappa shape index (κ1) is 15.6. The summed E-state index contributed by atoms with van der Waals surface area (Å²) in [6.45, 7) is 1.02. The number of carbonyl (C=O) groups excluding carboxylic acids is 1. The third-order valence-electron chi connectivity index (χ3n) is 2.86. The van der Waals surface area contributed by atoms with Gasteiger partial charge < -0.3 is 15.0 Å². The van der Waals surface area contributed by atoms with E-state index in [9.17, 15) is 4.79 Å². The Kier molecular flexibility index (Phi) is 6.27. The van der Waals surface area contributed by atoms with Crippen LogP contribution in [-0.2, 0) is 11.2 Å². The van der Waals surface area contributed by atoms with Gasteiger partial charge in [-0.15, -0.1) is 0 Å². The number of H-pyrrole nitrogens is 1. The number of halogens is 1. The largest absolute Gasteiger partial charge is 0.493 e. The van der Waals surface area contributed by atoms with Gasteiger partial charge in [0.2, 0.25) is 5.91 Å². The van der Waals surface area contributed by atoms with Gasteiger partial charge in [-0.1, -0.05) is 22.0 Å². The number of aromatic nitrogens is 2. The van der Waals surface area contributed by atoms with Gasteiger partial charge >= 0.3 is 0 Å². The summed E-state index contributed by atoms with van der Waals surface area (Å²) in [4.78, 5) is 18.8. The highest BCUT2D eigenvalue weighted by atomic mass is 79.9. The van der Waals surface area contributed by atoms with Crippen LogP contribution in [0.3, 0.4) is 0 Å². The molecule has 0 aliphatic carbocycles. The molecule has 0 aliphatic heterocycles. The second-order valence-electron chi connectivity index (χ2n) is 4.55. The molecule has 1 aromatic carbocycles. The van der Waals surface area contributed by atoms with E-state index in [0.29, 0.717) is 19.6 Å². The molecule has 0 spiro atoms. The van der Waals surface area contributed by atoms with Gasteiger partial charge in [-0.25, -0.2) is 4.98 Å². The molecule has 2 N–H and O–H groups in total. The highest BCUT2D eigenvalue weighted by molar-refractivity contribution is 9.10. The SMILES string of the molecule is O=C(CCOc1cccc(Br)c1)NCCCc1ncc[nH]1. The van der Waals surface area contributed by atoms with E-state index in [1.807, 2.05) is 24.3 Å². The molecule has 21 heavy (non-hydrogen) atoms. The topological polar surface area (TPSA) is 67.0 Å². The Morgan fingerprint density at radius 3 is 3.10 bits per heavy atom. The van der Waals surface area contributed by atoms with Gasteiger partial charge in [0.1, 0.15) is 11.6 Å². The molecule has 0 aliphatic rings.